The van der Waals surface area contributed by atoms with E-state index in [-0.39, 0.29) is 17.7 Å². The molecule has 1 aliphatic heterocycles. The second kappa shape index (κ2) is 14.3. The van der Waals surface area contributed by atoms with Crippen LogP contribution in [-0.4, -0.2) is 74.9 Å². The number of hydrogen-bond donors (Lipinski definition) is 1. The zero-order chi connectivity index (χ0) is 31.9. The van der Waals surface area contributed by atoms with Crippen molar-refractivity contribution >= 4 is 23.0 Å². The van der Waals surface area contributed by atoms with Crippen molar-refractivity contribution in [1.82, 2.24) is 29.4 Å². The summed E-state index contributed by atoms with van der Waals surface area (Å²) >= 11 is 0. The van der Waals surface area contributed by atoms with Crippen LogP contribution in [0.25, 0.3) is 28.0 Å². The van der Waals surface area contributed by atoms with Gasteiger partial charge in [-0.3, -0.25) is 9.59 Å². The molecule has 0 saturated carbocycles. The lowest BCUT2D eigenvalue weighted by Crippen LogP contribution is -2.35. The molecule has 9 heteroatoms. The third kappa shape index (κ3) is 7.38. The number of hydrogen-bond acceptors (Lipinski definition) is 6. The number of amides is 2. The van der Waals surface area contributed by atoms with Gasteiger partial charge in [-0.2, -0.15) is 5.10 Å². The first-order chi connectivity index (χ1) is 22.4. The van der Waals surface area contributed by atoms with Gasteiger partial charge in [-0.05, 0) is 75.3 Å². The summed E-state index contributed by atoms with van der Waals surface area (Å²) in [6.07, 6.45) is 10.8. The van der Waals surface area contributed by atoms with Crippen molar-refractivity contribution in [2.75, 3.05) is 39.0 Å². The zero-order valence-electron chi connectivity index (χ0n) is 26.3. The Bertz CT molecular complexity index is 1830. The highest BCUT2D eigenvalue weighted by Crippen LogP contribution is 2.34. The smallest absolute Gasteiger partial charge is 0.253 e. The molecule has 2 aromatic carbocycles. The maximum absolute atomic E-state index is 13.6. The SMILES string of the molecule is CN(C)C/C=C/C(=O)Nc1ccc(C(=O)N2CCCC[C@@H](Cc3nccc(-c4c(-c5ccccc5)nn5ccccc45)n3)C2)cc1. The largest absolute Gasteiger partial charge is 0.338 e. The highest BCUT2D eigenvalue weighted by atomic mass is 16.2. The number of carbonyl (C=O) groups is 2. The van der Waals surface area contributed by atoms with Crippen LogP contribution in [0.3, 0.4) is 0 Å². The van der Waals surface area contributed by atoms with Crippen LogP contribution in [-0.2, 0) is 11.2 Å². The van der Waals surface area contributed by atoms with Gasteiger partial charge in [0.15, 0.2) is 0 Å². The van der Waals surface area contributed by atoms with E-state index < -0.39 is 0 Å². The summed E-state index contributed by atoms with van der Waals surface area (Å²) in [5.74, 6) is 0.821. The number of benzene rings is 2. The molecule has 1 aliphatic rings. The van der Waals surface area contributed by atoms with E-state index in [4.69, 9.17) is 10.1 Å². The molecule has 0 spiro atoms. The van der Waals surface area contributed by atoms with Crippen LogP contribution >= 0.6 is 0 Å². The standard InChI is InChI=1S/C37H39N7O2/c1-42(2)22-10-15-34(45)39-30-18-16-29(17-19-30)37(46)43-23-8-6-11-27(26-43)25-33-38-21-20-31(40-33)35-32-14-7-9-24-44(32)41-36(35)28-12-4-3-5-13-28/h3-5,7,9-10,12-21,24,27H,6,8,11,22-23,25-26H2,1-2H3,(H,39,45)/b15-10+/t27-/m0/s1. The van der Waals surface area contributed by atoms with Gasteiger partial charge in [0.05, 0.1) is 16.8 Å². The van der Waals surface area contributed by atoms with Gasteiger partial charge in [-0.15, -0.1) is 0 Å². The van der Waals surface area contributed by atoms with Crippen molar-refractivity contribution in [3.63, 3.8) is 0 Å². The minimum absolute atomic E-state index is 0.00387. The van der Waals surface area contributed by atoms with Crippen molar-refractivity contribution < 1.29 is 9.59 Å². The third-order valence-corrected chi connectivity index (χ3v) is 8.22. The molecule has 2 amide bonds. The molecule has 1 saturated heterocycles. The number of nitrogens with one attached hydrogen (secondary N) is 1. The van der Waals surface area contributed by atoms with Crippen LogP contribution < -0.4 is 5.32 Å². The summed E-state index contributed by atoms with van der Waals surface area (Å²) < 4.78 is 1.90. The first-order valence-electron chi connectivity index (χ1n) is 15.8. The van der Waals surface area contributed by atoms with E-state index in [1.807, 2.05) is 83.3 Å². The molecule has 1 N–H and O–H groups in total. The number of likely N-dealkylation sites (tertiary alicyclic amines) is 1. The number of aromatic nitrogens is 4. The lowest BCUT2D eigenvalue weighted by atomic mass is 9.98. The fraction of sp³-hybridized carbons (Fsp3) is 0.270. The van der Waals surface area contributed by atoms with Gasteiger partial charge in [0.1, 0.15) is 11.5 Å². The van der Waals surface area contributed by atoms with Crippen molar-refractivity contribution in [3.05, 3.63) is 115 Å². The van der Waals surface area contributed by atoms with Gasteiger partial charge < -0.3 is 15.1 Å². The molecule has 4 heterocycles. The maximum atomic E-state index is 13.6. The second-order valence-electron chi connectivity index (χ2n) is 12.0. The minimum atomic E-state index is -0.194. The molecule has 1 atom stereocenters. The van der Waals surface area contributed by atoms with E-state index in [0.29, 0.717) is 37.3 Å². The lowest BCUT2D eigenvalue weighted by molar-refractivity contribution is -0.111. The van der Waals surface area contributed by atoms with E-state index in [9.17, 15) is 9.59 Å². The Morgan fingerprint density at radius 3 is 2.59 bits per heavy atom. The van der Waals surface area contributed by atoms with Crippen molar-refractivity contribution in [2.24, 2.45) is 5.92 Å². The highest BCUT2D eigenvalue weighted by molar-refractivity contribution is 6.00. The van der Waals surface area contributed by atoms with Crippen LogP contribution in [0.1, 0.15) is 35.4 Å². The van der Waals surface area contributed by atoms with Gasteiger partial charge in [-0.1, -0.05) is 48.9 Å². The molecule has 234 valence electrons. The average Bonchev–Trinajstić information content (AvgIpc) is 3.31. The van der Waals surface area contributed by atoms with Crippen molar-refractivity contribution in [1.29, 1.82) is 0 Å². The van der Waals surface area contributed by atoms with E-state index in [2.05, 4.69) is 28.5 Å². The van der Waals surface area contributed by atoms with E-state index in [1.54, 1.807) is 24.3 Å². The number of pyridine rings is 1. The van der Waals surface area contributed by atoms with Crippen LogP contribution in [0.4, 0.5) is 5.69 Å². The van der Waals surface area contributed by atoms with Crippen LogP contribution in [0.5, 0.6) is 0 Å². The molecule has 46 heavy (non-hydrogen) atoms. The van der Waals surface area contributed by atoms with Crippen molar-refractivity contribution in [2.45, 2.75) is 25.7 Å². The van der Waals surface area contributed by atoms with Crippen LogP contribution in [0.2, 0.25) is 0 Å². The molecule has 0 bridgehead atoms. The number of rotatable bonds is 9. The Morgan fingerprint density at radius 2 is 1.78 bits per heavy atom. The topological polar surface area (TPSA) is 95.7 Å². The molecule has 6 rings (SSSR count). The zero-order valence-corrected chi connectivity index (χ0v) is 26.3. The first-order valence-corrected chi connectivity index (χ1v) is 15.8. The molecule has 9 nitrogen and oxygen atoms in total. The number of fused-ring (bicyclic) bond motifs is 1. The predicted molar refractivity (Wildman–Crippen MR) is 181 cm³/mol. The van der Waals surface area contributed by atoms with E-state index >= 15 is 0 Å². The van der Waals surface area contributed by atoms with Crippen LogP contribution in [0, 0.1) is 5.92 Å². The fourth-order valence-corrected chi connectivity index (χ4v) is 5.96. The molecule has 0 radical (unpaired) electrons. The Hall–Kier alpha value is -5.15. The lowest BCUT2D eigenvalue weighted by Gasteiger charge is -2.24. The summed E-state index contributed by atoms with van der Waals surface area (Å²) in [6.45, 7) is 2.05. The fourth-order valence-electron chi connectivity index (χ4n) is 5.96. The third-order valence-electron chi connectivity index (χ3n) is 8.22. The Morgan fingerprint density at radius 1 is 0.978 bits per heavy atom. The number of carbonyl (C=O) groups excluding carboxylic acids is 2. The maximum Gasteiger partial charge on any atom is 0.253 e. The Kier molecular flexibility index (Phi) is 9.59. The predicted octanol–water partition coefficient (Wildman–Crippen LogP) is 6.00. The number of likely N-dealkylation sites (N-methyl/N-ethyl adjacent to an activating group) is 1. The monoisotopic (exact) mass is 613 g/mol. The summed E-state index contributed by atoms with van der Waals surface area (Å²) in [6, 6.07) is 25.3. The van der Waals surface area contributed by atoms with Gasteiger partial charge >= 0.3 is 0 Å². The molecule has 3 aromatic heterocycles. The molecular weight excluding hydrogens is 574 g/mol. The summed E-state index contributed by atoms with van der Waals surface area (Å²) in [5, 5.41) is 7.75. The first kappa shape index (κ1) is 30.9. The molecule has 5 aromatic rings. The second-order valence-corrected chi connectivity index (χ2v) is 12.0. The van der Waals surface area contributed by atoms with Crippen molar-refractivity contribution in [3.8, 4) is 22.5 Å². The Balaban J connectivity index is 1.16. The summed E-state index contributed by atoms with van der Waals surface area (Å²) in [5.41, 5.74) is 6.00. The van der Waals surface area contributed by atoms with Gasteiger partial charge in [0, 0.05) is 61.3 Å². The van der Waals surface area contributed by atoms with Gasteiger partial charge in [-0.25, -0.2) is 14.5 Å². The quantitative estimate of drug-likeness (QED) is 0.205. The Labute approximate surface area is 269 Å². The van der Waals surface area contributed by atoms with Crippen LogP contribution in [0.15, 0.2) is 103 Å². The minimum Gasteiger partial charge on any atom is -0.338 e. The number of anilines is 1. The number of nitrogens with zero attached hydrogens (tertiary/aromatic N) is 6. The van der Waals surface area contributed by atoms with Gasteiger partial charge in [0.2, 0.25) is 5.91 Å². The molecular formula is C37H39N7O2. The highest BCUT2D eigenvalue weighted by Gasteiger charge is 2.25. The molecule has 0 aliphatic carbocycles. The van der Waals surface area contributed by atoms with Gasteiger partial charge in [0.25, 0.3) is 5.91 Å². The average molecular weight is 614 g/mol. The summed E-state index contributed by atoms with van der Waals surface area (Å²) in [7, 11) is 3.89. The molecule has 1 fully saturated rings. The van der Waals surface area contributed by atoms with E-state index in [0.717, 1.165) is 53.1 Å². The summed E-state index contributed by atoms with van der Waals surface area (Å²) in [4.78, 5) is 39.4. The molecule has 0 unspecified atom stereocenters. The van der Waals surface area contributed by atoms with E-state index in [1.165, 1.54) is 6.08 Å². The normalized spacial score (nSPS) is 15.4.